The molecule has 0 saturated heterocycles. The topological polar surface area (TPSA) is 56.7 Å². The fourth-order valence-corrected chi connectivity index (χ4v) is 9.43. The summed E-state index contributed by atoms with van der Waals surface area (Å²) in [6, 6.07) is 72.8. The number of fused-ring (bicyclic) bond motifs is 10. The summed E-state index contributed by atoms with van der Waals surface area (Å²) in [5, 5.41) is 11.6. The van der Waals surface area contributed by atoms with Crippen molar-refractivity contribution in [1.82, 2.24) is 19.5 Å². The molecular weight excluding hydrogens is 757 g/mol. The summed E-state index contributed by atoms with van der Waals surface area (Å²) in [4.78, 5) is 15.3. The molecule has 0 amide bonds. The first-order valence-electron chi connectivity index (χ1n) is 20.9. The van der Waals surface area contributed by atoms with Gasteiger partial charge in [-0.2, -0.15) is 0 Å². The molecule has 10 aromatic carbocycles. The maximum Gasteiger partial charge on any atom is 0.164 e. The number of benzene rings is 10. The van der Waals surface area contributed by atoms with Crippen molar-refractivity contribution < 1.29 is 4.42 Å². The molecule has 0 aliphatic rings. The van der Waals surface area contributed by atoms with Crippen LogP contribution >= 0.6 is 0 Å². The van der Waals surface area contributed by atoms with Gasteiger partial charge in [-0.1, -0.05) is 176 Å². The highest BCUT2D eigenvalue weighted by Gasteiger charge is 2.22. The lowest BCUT2D eigenvalue weighted by molar-refractivity contribution is 0.666. The van der Waals surface area contributed by atoms with Gasteiger partial charge in [-0.25, -0.2) is 15.0 Å². The third-order valence-electron chi connectivity index (χ3n) is 12.4. The van der Waals surface area contributed by atoms with Crippen LogP contribution in [0.15, 0.2) is 211 Å². The maximum absolute atomic E-state index is 6.89. The van der Waals surface area contributed by atoms with E-state index in [1.54, 1.807) is 0 Å². The highest BCUT2D eigenvalue weighted by Crippen LogP contribution is 2.44. The number of rotatable bonds is 5. The Hall–Kier alpha value is -8.41. The highest BCUT2D eigenvalue weighted by molar-refractivity contribution is 6.21. The van der Waals surface area contributed by atoms with Crippen molar-refractivity contribution in [2.24, 2.45) is 0 Å². The Morgan fingerprint density at radius 2 is 0.871 bits per heavy atom. The zero-order valence-corrected chi connectivity index (χ0v) is 33.3. The minimum Gasteiger partial charge on any atom is -0.454 e. The Kier molecular flexibility index (Phi) is 7.54. The van der Waals surface area contributed by atoms with Crippen LogP contribution in [0.4, 0.5) is 0 Å². The highest BCUT2D eigenvalue weighted by atomic mass is 16.3. The van der Waals surface area contributed by atoms with Crippen LogP contribution in [0.1, 0.15) is 0 Å². The molecule has 62 heavy (non-hydrogen) atoms. The summed E-state index contributed by atoms with van der Waals surface area (Å²) in [5.41, 5.74) is 9.97. The SMILES string of the molecule is c1ccc2cc(-c3nc(-c4ccc(-c5ccc(-n6c7ccccc7c7ccc8ccccc8c76)c6oc7ccccc7c56)cc4)nc(-c4ccc5ccccc5c4)n3)ccc2c1. The second-order valence-electron chi connectivity index (χ2n) is 16.0. The van der Waals surface area contributed by atoms with E-state index in [0.717, 1.165) is 71.7 Å². The molecule has 0 saturated carbocycles. The number of hydrogen-bond donors (Lipinski definition) is 0. The molecule has 0 bridgehead atoms. The van der Waals surface area contributed by atoms with Crippen molar-refractivity contribution in [3.8, 4) is 51.0 Å². The molecule has 0 fully saturated rings. The molecule has 0 aliphatic carbocycles. The maximum atomic E-state index is 6.89. The van der Waals surface area contributed by atoms with E-state index in [-0.39, 0.29) is 0 Å². The van der Waals surface area contributed by atoms with Gasteiger partial charge in [-0.05, 0) is 68.4 Å². The molecule has 13 rings (SSSR count). The van der Waals surface area contributed by atoms with Gasteiger partial charge in [0.2, 0.25) is 0 Å². The Bertz CT molecular complexity index is 3840. The van der Waals surface area contributed by atoms with Crippen molar-refractivity contribution >= 4 is 76.1 Å². The summed E-state index contributed by atoms with van der Waals surface area (Å²) in [6.07, 6.45) is 0. The summed E-state index contributed by atoms with van der Waals surface area (Å²) in [6.45, 7) is 0. The molecule has 13 aromatic rings. The van der Waals surface area contributed by atoms with E-state index in [1.807, 2.05) is 6.07 Å². The molecule has 0 atom stereocenters. The number of aromatic nitrogens is 4. The Morgan fingerprint density at radius 3 is 1.56 bits per heavy atom. The monoisotopic (exact) mass is 790 g/mol. The quantitative estimate of drug-likeness (QED) is 0.174. The molecule has 5 nitrogen and oxygen atoms in total. The summed E-state index contributed by atoms with van der Waals surface area (Å²) < 4.78 is 9.28. The van der Waals surface area contributed by atoms with Gasteiger partial charge in [0.1, 0.15) is 5.58 Å². The second kappa shape index (κ2) is 13.6. The smallest absolute Gasteiger partial charge is 0.164 e. The summed E-state index contributed by atoms with van der Waals surface area (Å²) in [7, 11) is 0. The molecule has 0 unspecified atom stereocenters. The number of furan rings is 1. The average Bonchev–Trinajstić information content (AvgIpc) is 3.90. The number of nitrogens with zero attached hydrogens (tertiary/aromatic N) is 4. The fourth-order valence-electron chi connectivity index (χ4n) is 9.43. The van der Waals surface area contributed by atoms with Crippen LogP contribution in [-0.4, -0.2) is 19.5 Å². The Balaban J connectivity index is 0.979. The van der Waals surface area contributed by atoms with Crippen molar-refractivity contribution in [3.63, 3.8) is 0 Å². The van der Waals surface area contributed by atoms with Gasteiger partial charge in [0, 0.05) is 43.6 Å². The van der Waals surface area contributed by atoms with Gasteiger partial charge >= 0.3 is 0 Å². The van der Waals surface area contributed by atoms with E-state index in [2.05, 4.69) is 205 Å². The largest absolute Gasteiger partial charge is 0.454 e. The predicted molar refractivity (Wildman–Crippen MR) is 256 cm³/mol. The first-order chi connectivity index (χ1) is 30.7. The molecule has 0 spiro atoms. The van der Waals surface area contributed by atoms with E-state index in [1.165, 1.54) is 37.8 Å². The zero-order valence-electron chi connectivity index (χ0n) is 33.3. The minimum atomic E-state index is 0.616. The van der Waals surface area contributed by atoms with E-state index in [0.29, 0.717) is 17.5 Å². The first-order valence-corrected chi connectivity index (χ1v) is 20.9. The van der Waals surface area contributed by atoms with Crippen LogP contribution in [0.25, 0.3) is 127 Å². The van der Waals surface area contributed by atoms with Crippen LogP contribution in [-0.2, 0) is 0 Å². The molecule has 0 aliphatic heterocycles. The predicted octanol–water partition coefficient (Wildman–Crippen LogP) is 15.0. The minimum absolute atomic E-state index is 0.616. The van der Waals surface area contributed by atoms with Crippen molar-refractivity contribution in [2.75, 3.05) is 0 Å². The van der Waals surface area contributed by atoms with Crippen LogP contribution in [0.3, 0.4) is 0 Å². The van der Waals surface area contributed by atoms with Crippen molar-refractivity contribution in [2.45, 2.75) is 0 Å². The van der Waals surface area contributed by atoms with Gasteiger partial charge in [-0.3, -0.25) is 0 Å². The lowest BCUT2D eigenvalue weighted by Crippen LogP contribution is -2.00. The Morgan fingerprint density at radius 1 is 0.355 bits per heavy atom. The number of para-hydroxylation sites is 2. The van der Waals surface area contributed by atoms with Crippen molar-refractivity contribution in [3.05, 3.63) is 206 Å². The lowest BCUT2D eigenvalue weighted by atomic mass is 9.97. The molecule has 0 radical (unpaired) electrons. The first kappa shape index (κ1) is 34.5. The van der Waals surface area contributed by atoms with Crippen molar-refractivity contribution in [1.29, 1.82) is 0 Å². The molecule has 5 heteroatoms. The van der Waals surface area contributed by atoms with Crippen LogP contribution in [0.5, 0.6) is 0 Å². The van der Waals surface area contributed by atoms with E-state index >= 15 is 0 Å². The summed E-state index contributed by atoms with van der Waals surface area (Å²) in [5.74, 6) is 1.88. The third-order valence-corrected chi connectivity index (χ3v) is 12.4. The zero-order chi connectivity index (χ0) is 40.7. The molecule has 3 aromatic heterocycles. The van der Waals surface area contributed by atoms with Gasteiger partial charge in [0.15, 0.2) is 23.1 Å². The fraction of sp³-hybridized carbons (Fsp3) is 0. The average molecular weight is 791 g/mol. The second-order valence-corrected chi connectivity index (χ2v) is 16.0. The molecule has 288 valence electrons. The standard InChI is InChI=1S/C57H34N4O/c1-3-14-40-33-42(27-21-35(40)11-1)56-58-55(59-57(60-56)43-28-22-36-12-2-4-15-41(36)34-43)39-25-23-38(24-26-39)44-31-32-50(54-52(44)48-18-8-10-20-51(48)62-54)61-49-19-9-7-17-46(49)47-30-29-37-13-5-6-16-45(37)53(47)61/h1-34H. The van der Waals surface area contributed by atoms with Crippen LogP contribution < -0.4 is 0 Å². The van der Waals surface area contributed by atoms with Gasteiger partial charge < -0.3 is 8.98 Å². The van der Waals surface area contributed by atoms with E-state index in [4.69, 9.17) is 19.4 Å². The van der Waals surface area contributed by atoms with Crippen LogP contribution in [0, 0.1) is 0 Å². The Labute approximate surface area is 355 Å². The normalized spacial score (nSPS) is 11.9. The molecule has 0 N–H and O–H groups in total. The van der Waals surface area contributed by atoms with E-state index in [9.17, 15) is 0 Å². The van der Waals surface area contributed by atoms with E-state index < -0.39 is 0 Å². The molecular formula is C57H34N4O. The third kappa shape index (κ3) is 5.38. The molecule has 3 heterocycles. The summed E-state index contributed by atoms with van der Waals surface area (Å²) >= 11 is 0. The van der Waals surface area contributed by atoms with Crippen LogP contribution in [0.2, 0.25) is 0 Å². The van der Waals surface area contributed by atoms with Gasteiger partial charge in [-0.15, -0.1) is 0 Å². The van der Waals surface area contributed by atoms with Gasteiger partial charge in [0.25, 0.3) is 0 Å². The lowest BCUT2D eigenvalue weighted by Gasteiger charge is -2.13. The van der Waals surface area contributed by atoms with Gasteiger partial charge in [0.05, 0.1) is 16.7 Å². The number of hydrogen-bond acceptors (Lipinski definition) is 4.